The summed E-state index contributed by atoms with van der Waals surface area (Å²) in [6, 6.07) is 11.4. The number of hydrogen-bond donors (Lipinski definition) is 2. The zero-order chi connectivity index (χ0) is 17.2. The molecule has 128 valence electrons. The number of amides is 1. The summed E-state index contributed by atoms with van der Waals surface area (Å²) in [5.74, 6) is 0.628. The molecular formula is C18H23N3O3. The largest absolute Gasteiger partial charge is 0.497 e. The number of anilines is 1. The van der Waals surface area contributed by atoms with E-state index in [1.807, 2.05) is 30.3 Å². The average molecular weight is 329 g/mol. The number of ether oxygens (including phenoxy) is 2. The zero-order valence-electron chi connectivity index (χ0n) is 14.0. The van der Waals surface area contributed by atoms with Gasteiger partial charge in [-0.3, -0.25) is 9.78 Å². The zero-order valence-corrected chi connectivity index (χ0v) is 14.0. The lowest BCUT2D eigenvalue weighted by atomic mass is 10.1. The van der Waals surface area contributed by atoms with E-state index in [2.05, 4.69) is 15.6 Å². The van der Waals surface area contributed by atoms with Crippen LogP contribution in [0.5, 0.6) is 5.75 Å². The monoisotopic (exact) mass is 329 g/mol. The van der Waals surface area contributed by atoms with Crippen molar-refractivity contribution in [1.82, 2.24) is 10.3 Å². The van der Waals surface area contributed by atoms with Crippen molar-refractivity contribution in [3.63, 3.8) is 0 Å². The van der Waals surface area contributed by atoms with E-state index in [1.54, 1.807) is 26.5 Å². The van der Waals surface area contributed by atoms with Gasteiger partial charge in [-0.15, -0.1) is 0 Å². The summed E-state index contributed by atoms with van der Waals surface area (Å²) >= 11 is 0. The smallest absolute Gasteiger partial charge is 0.269 e. The Labute approximate surface area is 142 Å². The van der Waals surface area contributed by atoms with Gasteiger partial charge in [-0.05, 0) is 36.2 Å². The van der Waals surface area contributed by atoms with E-state index in [4.69, 9.17) is 9.47 Å². The Balaban J connectivity index is 1.84. The Hall–Kier alpha value is -2.60. The second-order valence-electron chi connectivity index (χ2n) is 5.21. The van der Waals surface area contributed by atoms with Gasteiger partial charge in [0.2, 0.25) is 0 Å². The van der Waals surface area contributed by atoms with E-state index in [9.17, 15) is 4.79 Å². The Bertz CT molecular complexity index is 661. The van der Waals surface area contributed by atoms with Gasteiger partial charge in [0.1, 0.15) is 11.4 Å². The van der Waals surface area contributed by atoms with Crippen LogP contribution in [0.4, 0.5) is 5.69 Å². The lowest BCUT2D eigenvalue weighted by Gasteiger charge is -2.08. The number of benzene rings is 1. The standard InChI is InChI=1S/C18H23N3O3/c1-23-11-10-19-15-7-9-20-17(13-15)18(22)21-8-6-14-4-3-5-16(12-14)24-2/h3-5,7,9,12-13H,6,8,10-11H2,1-2H3,(H,19,20)(H,21,22). The predicted octanol–water partition coefficient (Wildman–Crippen LogP) is 2.12. The summed E-state index contributed by atoms with van der Waals surface area (Å²) < 4.78 is 10.2. The van der Waals surface area contributed by atoms with Crippen molar-refractivity contribution < 1.29 is 14.3 Å². The lowest BCUT2D eigenvalue weighted by Crippen LogP contribution is -2.26. The third kappa shape index (κ3) is 5.55. The van der Waals surface area contributed by atoms with Crippen molar-refractivity contribution in [2.45, 2.75) is 6.42 Å². The fourth-order valence-electron chi connectivity index (χ4n) is 2.20. The van der Waals surface area contributed by atoms with Crippen LogP contribution in [0.2, 0.25) is 0 Å². The number of hydrogen-bond acceptors (Lipinski definition) is 5. The fraction of sp³-hybridized carbons (Fsp3) is 0.333. The normalized spacial score (nSPS) is 10.2. The van der Waals surface area contributed by atoms with Crippen LogP contribution < -0.4 is 15.4 Å². The van der Waals surface area contributed by atoms with Gasteiger partial charge in [-0.1, -0.05) is 12.1 Å². The molecule has 24 heavy (non-hydrogen) atoms. The molecule has 0 atom stereocenters. The van der Waals surface area contributed by atoms with Crippen molar-refractivity contribution in [3.8, 4) is 5.75 Å². The number of carbonyl (C=O) groups is 1. The van der Waals surface area contributed by atoms with E-state index in [1.165, 1.54) is 0 Å². The molecule has 6 nitrogen and oxygen atoms in total. The van der Waals surface area contributed by atoms with E-state index >= 15 is 0 Å². The Morgan fingerprint density at radius 1 is 1.17 bits per heavy atom. The lowest BCUT2D eigenvalue weighted by molar-refractivity contribution is 0.0949. The maximum absolute atomic E-state index is 12.2. The second-order valence-corrected chi connectivity index (χ2v) is 5.21. The van der Waals surface area contributed by atoms with Gasteiger partial charge < -0.3 is 20.1 Å². The number of nitrogens with one attached hydrogen (secondary N) is 2. The van der Waals surface area contributed by atoms with Crippen molar-refractivity contribution in [3.05, 3.63) is 53.9 Å². The van der Waals surface area contributed by atoms with Gasteiger partial charge in [0.05, 0.1) is 13.7 Å². The van der Waals surface area contributed by atoms with Crippen LogP contribution in [0, 0.1) is 0 Å². The van der Waals surface area contributed by atoms with Crippen molar-refractivity contribution in [2.75, 3.05) is 39.2 Å². The van der Waals surface area contributed by atoms with Crippen LogP contribution in [-0.4, -0.2) is 44.8 Å². The third-order valence-corrected chi connectivity index (χ3v) is 3.46. The Kier molecular flexibility index (Phi) is 7.04. The van der Waals surface area contributed by atoms with Gasteiger partial charge in [0.25, 0.3) is 5.91 Å². The molecule has 0 fully saturated rings. The summed E-state index contributed by atoms with van der Waals surface area (Å²) in [7, 11) is 3.29. The van der Waals surface area contributed by atoms with Crippen molar-refractivity contribution in [2.24, 2.45) is 0 Å². The molecule has 1 heterocycles. The first-order chi connectivity index (χ1) is 11.7. The summed E-state index contributed by atoms with van der Waals surface area (Å²) in [5, 5.41) is 6.06. The predicted molar refractivity (Wildman–Crippen MR) is 93.6 cm³/mol. The van der Waals surface area contributed by atoms with Gasteiger partial charge in [0.15, 0.2) is 0 Å². The third-order valence-electron chi connectivity index (χ3n) is 3.46. The van der Waals surface area contributed by atoms with Crippen LogP contribution in [0.1, 0.15) is 16.1 Å². The first-order valence-electron chi connectivity index (χ1n) is 7.83. The number of aromatic nitrogens is 1. The minimum Gasteiger partial charge on any atom is -0.497 e. The van der Waals surface area contributed by atoms with Gasteiger partial charge in [0, 0.05) is 32.1 Å². The molecule has 0 saturated heterocycles. The molecule has 2 N–H and O–H groups in total. The minimum atomic E-state index is -0.187. The van der Waals surface area contributed by atoms with Crippen molar-refractivity contribution in [1.29, 1.82) is 0 Å². The molecular weight excluding hydrogens is 306 g/mol. The highest BCUT2D eigenvalue weighted by atomic mass is 16.5. The van der Waals surface area contributed by atoms with Crippen LogP contribution in [-0.2, 0) is 11.2 Å². The molecule has 0 radical (unpaired) electrons. The van der Waals surface area contributed by atoms with Crippen LogP contribution in [0.3, 0.4) is 0 Å². The van der Waals surface area contributed by atoms with E-state index in [0.717, 1.165) is 23.4 Å². The Morgan fingerprint density at radius 3 is 2.83 bits per heavy atom. The van der Waals surface area contributed by atoms with Gasteiger partial charge >= 0.3 is 0 Å². The number of nitrogens with zero attached hydrogens (tertiary/aromatic N) is 1. The summed E-state index contributed by atoms with van der Waals surface area (Å²) in [4.78, 5) is 16.3. The molecule has 0 saturated carbocycles. The summed E-state index contributed by atoms with van der Waals surface area (Å²) in [6.07, 6.45) is 2.35. The fourth-order valence-corrected chi connectivity index (χ4v) is 2.20. The van der Waals surface area contributed by atoms with E-state index in [0.29, 0.717) is 25.4 Å². The molecule has 2 aromatic rings. The highest BCUT2D eigenvalue weighted by Gasteiger charge is 2.07. The second kappa shape index (κ2) is 9.52. The molecule has 0 bridgehead atoms. The van der Waals surface area contributed by atoms with Gasteiger partial charge in [-0.25, -0.2) is 0 Å². The van der Waals surface area contributed by atoms with Crippen molar-refractivity contribution >= 4 is 11.6 Å². The molecule has 6 heteroatoms. The van der Waals surface area contributed by atoms with Crippen LogP contribution in [0.15, 0.2) is 42.6 Å². The molecule has 0 aliphatic heterocycles. The molecule has 2 rings (SSSR count). The summed E-state index contributed by atoms with van der Waals surface area (Å²) in [5.41, 5.74) is 2.35. The molecule has 1 aromatic carbocycles. The highest BCUT2D eigenvalue weighted by molar-refractivity contribution is 5.93. The quantitative estimate of drug-likeness (QED) is 0.690. The molecule has 0 aliphatic carbocycles. The van der Waals surface area contributed by atoms with Crippen LogP contribution >= 0.6 is 0 Å². The number of methoxy groups -OCH3 is 2. The number of rotatable bonds is 9. The first-order valence-corrected chi connectivity index (χ1v) is 7.83. The maximum Gasteiger partial charge on any atom is 0.269 e. The maximum atomic E-state index is 12.2. The van der Waals surface area contributed by atoms with Gasteiger partial charge in [-0.2, -0.15) is 0 Å². The topological polar surface area (TPSA) is 72.5 Å². The Morgan fingerprint density at radius 2 is 2.04 bits per heavy atom. The number of carbonyl (C=O) groups excluding carboxylic acids is 1. The average Bonchev–Trinajstić information content (AvgIpc) is 2.62. The number of pyridine rings is 1. The first kappa shape index (κ1) is 17.7. The molecule has 0 spiro atoms. The van der Waals surface area contributed by atoms with E-state index < -0.39 is 0 Å². The molecule has 0 unspecified atom stereocenters. The molecule has 0 aliphatic rings. The molecule has 1 aromatic heterocycles. The van der Waals surface area contributed by atoms with E-state index in [-0.39, 0.29) is 5.91 Å². The molecule has 1 amide bonds. The SMILES string of the molecule is COCCNc1ccnc(C(=O)NCCc2cccc(OC)c2)c1. The highest BCUT2D eigenvalue weighted by Crippen LogP contribution is 2.12. The summed E-state index contributed by atoms with van der Waals surface area (Å²) in [6.45, 7) is 1.82. The van der Waals surface area contributed by atoms with Crippen LogP contribution in [0.25, 0.3) is 0 Å². The minimum absolute atomic E-state index is 0.187.